The van der Waals surface area contributed by atoms with E-state index < -0.39 is 11.4 Å². The molecule has 0 unspecified atom stereocenters. The summed E-state index contributed by atoms with van der Waals surface area (Å²) in [5.41, 5.74) is -0.0515. The summed E-state index contributed by atoms with van der Waals surface area (Å²) in [6.45, 7) is 6.11. The van der Waals surface area contributed by atoms with Crippen LogP contribution < -0.4 is 10.3 Å². The van der Waals surface area contributed by atoms with Crippen LogP contribution in [0.3, 0.4) is 0 Å². The third kappa shape index (κ3) is 2.48. The Bertz CT molecular complexity index is 774. The third-order valence-electron chi connectivity index (χ3n) is 3.95. The van der Waals surface area contributed by atoms with Crippen LogP contribution >= 0.6 is 11.3 Å². The molecule has 0 radical (unpaired) electrons. The van der Waals surface area contributed by atoms with Gasteiger partial charge >= 0.3 is 5.97 Å². The van der Waals surface area contributed by atoms with Gasteiger partial charge in [-0.1, -0.05) is 11.3 Å². The highest BCUT2D eigenvalue weighted by Crippen LogP contribution is 2.27. The van der Waals surface area contributed by atoms with E-state index in [1.165, 1.54) is 17.5 Å². The average molecular weight is 322 g/mol. The predicted molar refractivity (Wildman–Crippen MR) is 86.2 cm³/mol. The molecular weight excluding hydrogens is 304 g/mol. The van der Waals surface area contributed by atoms with E-state index in [2.05, 4.69) is 21.8 Å². The number of nitrogens with zero attached hydrogens (tertiary/aromatic N) is 4. The second kappa shape index (κ2) is 5.69. The van der Waals surface area contributed by atoms with E-state index >= 15 is 0 Å². The number of carbonyl (C=O) groups is 1. The summed E-state index contributed by atoms with van der Waals surface area (Å²) in [6, 6.07) is 0. The third-order valence-corrected chi connectivity index (χ3v) is 5.05. The molecule has 0 saturated carbocycles. The van der Waals surface area contributed by atoms with Gasteiger partial charge < -0.3 is 19.5 Å². The monoisotopic (exact) mass is 322 g/mol. The molecule has 22 heavy (non-hydrogen) atoms. The van der Waals surface area contributed by atoms with E-state index in [-0.39, 0.29) is 5.56 Å². The fourth-order valence-electron chi connectivity index (χ4n) is 2.57. The van der Waals surface area contributed by atoms with Crippen molar-refractivity contribution >= 4 is 32.8 Å². The zero-order valence-corrected chi connectivity index (χ0v) is 13.4. The van der Waals surface area contributed by atoms with Crippen molar-refractivity contribution in [2.24, 2.45) is 0 Å². The Morgan fingerprint density at radius 1 is 1.36 bits per heavy atom. The fourth-order valence-corrected chi connectivity index (χ4v) is 3.65. The maximum Gasteiger partial charge on any atom is 0.341 e. The number of aromatic nitrogens is 2. The molecule has 8 heteroatoms. The molecule has 0 aromatic carbocycles. The van der Waals surface area contributed by atoms with Gasteiger partial charge in [-0.25, -0.2) is 9.78 Å². The number of anilines is 1. The number of hydrogen-bond acceptors (Lipinski definition) is 6. The van der Waals surface area contributed by atoms with E-state index in [9.17, 15) is 14.7 Å². The molecule has 7 nitrogen and oxygen atoms in total. The van der Waals surface area contributed by atoms with Gasteiger partial charge in [0.05, 0.1) is 0 Å². The number of carboxylic acids is 1. The minimum atomic E-state index is -1.19. The highest BCUT2D eigenvalue weighted by atomic mass is 32.1. The second-order valence-corrected chi connectivity index (χ2v) is 6.38. The number of piperazine rings is 1. The molecule has 0 spiro atoms. The molecule has 1 fully saturated rings. The largest absolute Gasteiger partial charge is 0.477 e. The number of pyridine rings is 1. The molecule has 0 aliphatic carbocycles. The Morgan fingerprint density at radius 2 is 2.05 bits per heavy atom. The van der Waals surface area contributed by atoms with E-state index in [1.807, 2.05) is 6.92 Å². The van der Waals surface area contributed by atoms with Crippen LogP contribution in [0.2, 0.25) is 0 Å². The maximum absolute atomic E-state index is 12.3. The van der Waals surface area contributed by atoms with Crippen molar-refractivity contribution in [1.29, 1.82) is 0 Å². The highest BCUT2D eigenvalue weighted by Gasteiger charge is 2.22. The topological polar surface area (TPSA) is 78.7 Å². The first-order valence-corrected chi connectivity index (χ1v) is 8.03. The fraction of sp³-hybridized carbons (Fsp3) is 0.500. The lowest BCUT2D eigenvalue weighted by Gasteiger charge is -2.31. The molecule has 3 rings (SSSR count). The SMILES string of the molecule is CCn1cc(C(=O)O)c(=O)c2sc(N3CCN(C)CC3)nc21. The van der Waals surface area contributed by atoms with E-state index in [0.29, 0.717) is 16.9 Å². The first kappa shape index (κ1) is 15.0. The number of hydrogen-bond donors (Lipinski definition) is 1. The number of carboxylic acid groups (broad SMARTS) is 1. The summed E-state index contributed by atoms with van der Waals surface area (Å²) >= 11 is 1.29. The summed E-state index contributed by atoms with van der Waals surface area (Å²) in [6.07, 6.45) is 1.39. The molecule has 1 saturated heterocycles. The summed E-state index contributed by atoms with van der Waals surface area (Å²) in [5, 5.41) is 9.98. The van der Waals surface area contributed by atoms with Crippen molar-refractivity contribution in [1.82, 2.24) is 14.5 Å². The van der Waals surface area contributed by atoms with Crippen molar-refractivity contribution in [3.05, 3.63) is 22.0 Å². The Labute approximate surface area is 131 Å². The molecular formula is C14H18N4O3S. The van der Waals surface area contributed by atoms with Crippen LogP contribution in [0, 0.1) is 0 Å². The van der Waals surface area contributed by atoms with E-state index in [1.54, 1.807) is 4.57 Å². The van der Waals surface area contributed by atoms with Gasteiger partial charge in [0.1, 0.15) is 10.3 Å². The van der Waals surface area contributed by atoms with Gasteiger partial charge in [-0.3, -0.25) is 4.79 Å². The smallest absolute Gasteiger partial charge is 0.341 e. The zero-order valence-electron chi connectivity index (χ0n) is 12.6. The van der Waals surface area contributed by atoms with Gasteiger partial charge in [-0.15, -0.1) is 0 Å². The molecule has 3 heterocycles. The average Bonchev–Trinajstić information content (AvgIpc) is 2.94. The number of aryl methyl sites for hydroxylation is 1. The summed E-state index contributed by atoms with van der Waals surface area (Å²) in [7, 11) is 2.08. The minimum absolute atomic E-state index is 0.192. The number of aromatic carboxylic acids is 1. The Hall–Kier alpha value is -1.93. The predicted octanol–water partition coefficient (Wildman–Crippen LogP) is 0.928. The number of thiazole rings is 1. The van der Waals surface area contributed by atoms with Crippen molar-refractivity contribution in [2.75, 3.05) is 38.1 Å². The normalized spacial score (nSPS) is 16.4. The Morgan fingerprint density at radius 3 is 2.64 bits per heavy atom. The lowest BCUT2D eigenvalue weighted by atomic mass is 10.2. The summed E-state index contributed by atoms with van der Waals surface area (Å²) in [4.78, 5) is 32.6. The van der Waals surface area contributed by atoms with Crippen LogP contribution in [0.4, 0.5) is 5.13 Å². The number of rotatable bonds is 3. The molecule has 118 valence electrons. The molecule has 2 aromatic heterocycles. The molecule has 1 aliphatic rings. The van der Waals surface area contributed by atoms with E-state index in [0.717, 1.165) is 31.3 Å². The zero-order chi connectivity index (χ0) is 15.9. The van der Waals surface area contributed by atoms with Crippen LogP contribution in [0.1, 0.15) is 17.3 Å². The van der Waals surface area contributed by atoms with Crippen LogP contribution in [0.5, 0.6) is 0 Å². The minimum Gasteiger partial charge on any atom is -0.477 e. The summed E-state index contributed by atoms with van der Waals surface area (Å²) < 4.78 is 2.16. The molecule has 0 amide bonds. The van der Waals surface area contributed by atoms with Gasteiger partial charge in [-0.05, 0) is 14.0 Å². The van der Waals surface area contributed by atoms with Gasteiger partial charge in [0.15, 0.2) is 10.8 Å². The van der Waals surface area contributed by atoms with Crippen molar-refractivity contribution in [2.45, 2.75) is 13.5 Å². The standard InChI is InChI=1S/C14H18N4O3S/c1-3-17-8-9(13(20)21)10(19)11-12(17)15-14(22-11)18-6-4-16(2)5-7-18/h8H,3-7H2,1-2H3,(H,20,21). The summed E-state index contributed by atoms with van der Waals surface area (Å²) in [5.74, 6) is -1.19. The molecule has 2 aromatic rings. The van der Waals surface area contributed by atoms with Gasteiger partial charge in [-0.2, -0.15) is 0 Å². The second-order valence-electron chi connectivity index (χ2n) is 5.40. The maximum atomic E-state index is 12.3. The Balaban J connectivity index is 2.10. The Kier molecular flexibility index (Phi) is 3.88. The van der Waals surface area contributed by atoms with Crippen LogP contribution in [0.15, 0.2) is 11.0 Å². The van der Waals surface area contributed by atoms with Crippen LogP contribution in [-0.4, -0.2) is 58.8 Å². The molecule has 1 aliphatic heterocycles. The van der Waals surface area contributed by atoms with Crippen LogP contribution in [0.25, 0.3) is 10.3 Å². The van der Waals surface area contributed by atoms with Gasteiger partial charge in [0.25, 0.3) is 0 Å². The van der Waals surface area contributed by atoms with Crippen molar-refractivity contribution < 1.29 is 9.90 Å². The lowest BCUT2D eigenvalue weighted by Crippen LogP contribution is -2.44. The molecule has 1 N–H and O–H groups in total. The highest BCUT2D eigenvalue weighted by molar-refractivity contribution is 7.22. The van der Waals surface area contributed by atoms with Crippen LogP contribution in [-0.2, 0) is 6.54 Å². The lowest BCUT2D eigenvalue weighted by molar-refractivity contribution is 0.0695. The first-order valence-electron chi connectivity index (χ1n) is 7.22. The number of likely N-dealkylation sites (N-methyl/N-ethyl adjacent to an activating group) is 1. The quantitative estimate of drug-likeness (QED) is 0.905. The number of fused-ring (bicyclic) bond motifs is 1. The van der Waals surface area contributed by atoms with E-state index in [4.69, 9.17) is 0 Å². The van der Waals surface area contributed by atoms with Crippen molar-refractivity contribution in [3.8, 4) is 0 Å². The van der Waals surface area contributed by atoms with Crippen molar-refractivity contribution in [3.63, 3.8) is 0 Å². The molecule has 0 bridgehead atoms. The molecule has 0 atom stereocenters. The van der Waals surface area contributed by atoms with Gasteiger partial charge in [0.2, 0.25) is 5.43 Å². The van der Waals surface area contributed by atoms with Gasteiger partial charge in [0, 0.05) is 38.9 Å². The first-order chi connectivity index (χ1) is 10.5.